The number of nitrogens with one attached hydrogen (secondary N) is 3. The van der Waals surface area contributed by atoms with Crippen LogP contribution in [0.1, 0.15) is 6.42 Å². The molecule has 0 aliphatic carbocycles. The summed E-state index contributed by atoms with van der Waals surface area (Å²) in [6.45, 7) is 4.31. The van der Waals surface area contributed by atoms with Crippen molar-refractivity contribution in [2.24, 2.45) is 5.73 Å². The summed E-state index contributed by atoms with van der Waals surface area (Å²) in [5.74, 6) is 0.116. The van der Waals surface area contributed by atoms with E-state index in [1.165, 1.54) is 0 Å². The Bertz CT molecular complexity index is 672. The van der Waals surface area contributed by atoms with Gasteiger partial charge in [0.15, 0.2) is 0 Å². The molecule has 0 saturated carbocycles. The Kier molecular flexibility index (Phi) is 5.48. The lowest BCUT2D eigenvalue weighted by Gasteiger charge is -2.20. The molecular weight excluding hydrogens is 320 g/mol. The van der Waals surface area contributed by atoms with Gasteiger partial charge in [0.1, 0.15) is 11.4 Å². The molecule has 0 spiro atoms. The Morgan fingerprint density at radius 2 is 2.09 bits per heavy atom. The van der Waals surface area contributed by atoms with Crippen LogP contribution in [-0.4, -0.2) is 25.1 Å². The van der Waals surface area contributed by atoms with Gasteiger partial charge in [-0.1, -0.05) is 30.3 Å². The highest BCUT2D eigenvalue weighted by molar-refractivity contribution is 6.32. The monoisotopic (exact) mass is 336 g/mol. The Labute approximate surface area is 138 Å². The molecule has 0 radical (unpaired) electrons. The van der Waals surface area contributed by atoms with Crippen molar-refractivity contribution >= 4 is 23.5 Å². The number of carbonyl (C=O) groups is 2. The molecule has 1 aliphatic rings. The maximum Gasteiger partial charge on any atom is 0.323 e. The molecule has 2 rings (SSSR count). The topological polar surface area (TPSA) is 105 Å². The summed E-state index contributed by atoms with van der Waals surface area (Å²) in [5, 5.41) is 7.91. The maximum absolute atomic E-state index is 12.0. The van der Waals surface area contributed by atoms with Gasteiger partial charge in [-0.25, -0.2) is 4.79 Å². The van der Waals surface area contributed by atoms with Crippen LogP contribution >= 0.6 is 11.6 Å². The van der Waals surface area contributed by atoms with Gasteiger partial charge < -0.3 is 26.4 Å². The van der Waals surface area contributed by atoms with E-state index in [-0.39, 0.29) is 17.1 Å². The number of urea groups is 1. The smallest absolute Gasteiger partial charge is 0.323 e. The van der Waals surface area contributed by atoms with Crippen LogP contribution in [0.3, 0.4) is 0 Å². The van der Waals surface area contributed by atoms with Gasteiger partial charge >= 0.3 is 6.03 Å². The number of nitrogens with two attached hydrogens (primary N) is 1. The van der Waals surface area contributed by atoms with Crippen LogP contribution in [0.4, 0.5) is 4.79 Å². The first-order valence-electron chi connectivity index (χ1n) is 6.91. The molecule has 23 heavy (non-hydrogen) atoms. The van der Waals surface area contributed by atoms with E-state index in [2.05, 4.69) is 22.5 Å². The zero-order valence-corrected chi connectivity index (χ0v) is 13.1. The van der Waals surface area contributed by atoms with Crippen LogP contribution in [-0.2, 0) is 4.79 Å². The average molecular weight is 337 g/mol. The predicted octanol–water partition coefficient (Wildman–Crippen LogP) is 1.22. The minimum absolute atomic E-state index is 0.00854. The Morgan fingerprint density at radius 1 is 1.35 bits per heavy atom. The fourth-order valence-electron chi connectivity index (χ4n) is 1.85. The molecule has 1 heterocycles. The highest BCUT2D eigenvalue weighted by atomic mass is 35.5. The molecule has 122 valence electrons. The number of carbonyl (C=O) groups excluding carboxylic acids is 2. The van der Waals surface area contributed by atoms with Gasteiger partial charge in [0.25, 0.3) is 5.91 Å². The van der Waals surface area contributed by atoms with Crippen LogP contribution < -0.4 is 26.4 Å². The van der Waals surface area contributed by atoms with Gasteiger partial charge in [-0.15, -0.1) is 0 Å². The average Bonchev–Trinajstić information content (AvgIpc) is 2.52. The lowest BCUT2D eigenvalue weighted by molar-refractivity contribution is -0.117. The molecule has 7 nitrogen and oxygen atoms in total. The molecule has 0 saturated heterocycles. The number of halogens is 1. The lowest BCUT2D eigenvalue weighted by atomic mass is 10.2. The molecule has 1 aromatic rings. The molecule has 0 aromatic heterocycles. The van der Waals surface area contributed by atoms with Crippen molar-refractivity contribution < 1.29 is 14.3 Å². The summed E-state index contributed by atoms with van der Waals surface area (Å²) >= 11 is 5.96. The Morgan fingerprint density at radius 3 is 2.83 bits per heavy atom. The van der Waals surface area contributed by atoms with Gasteiger partial charge in [0.2, 0.25) is 0 Å². The van der Waals surface area contributed by atoms with E-state index in [4.69, 9.17) is 22.1 Å². The summed E-state index contributed by atoms with van der Waals surface area (Å²) in [6.07, 6.45) is 0.567. The van der Waals surface area contributed by atoms with E-state index in [1.54, 1.807) is 12.1 Å². The van der Waals surface area contributed by atoms with Crippen LogP contribution in [0.2, 0.25) is 5.02 Å². The standard InChI is InChI=1S/C15H17ClN4O3/c1-9-12(17)13(20-15(22)19-9)14(21)18-7-4-8-23-11-6-3-2-5-10(11)16/h2-3,5-6H,1,4,7-8,17H2,(H,18,21)(H2,19,20,22). The van der Waals surface area contributed by atoms with Crippen LogP contribution in [0, 0.1) is 0 Å². The normalized spacial score (nSPS) is 14.1. The van der Waals surface area contributed by atoms with E-state index in [0.717, 1.165) is 0 Å². The van der Waals surface area contributed by atoms with Gasteiger partial charge in [0, 0.05) is 6.54 Å². The summed E-state index contributed by atoms with van der Waals surface area (Å²) in [5.41, 5.74) is 6.00. The number of ether oxygens (including phenoxy) is 1. The minimum Gasteiger partial charge on any atom is -0.492 e. The second-order valence-electron chi connectivity index (χ2n) is 4.73. The maximum atomic E-state index is 12.0. The van der Waals surface area contributed by atoms with E-state index >= 15 is 0 Å². The lowest BCUT2D eigenvalue weighted by Crippen LogP contribution is -2.47. The van der Waals surface area contributed by atoms with E-state index in [9.17, 15) is 9.59 Å². The van der Waals surface area contributed by atoms with Crippen molar-refractivity contribution in [3.63, 3.8) is 0 Å². The van der Waals surface area contributed by atoms with Crippen molar-refractivity contribution in [3.8, 4) is 5.75 Å². The summed E-state index contributed by atoms with van der Waals surface area (Å²) in [7, 11) is 0. The summed E-state index contributed by atoms with van der Waals surface area (Å²) < 4.78 is 5.51. The molecular formula is C15H17ClN4O3. The van der Waals surface area contributed by atoms with Crippen molar-refractivity contribution in [2.75, 3.05) is 13.2 Å². The predicted molar refractivity (Wildman–Crippen MR) is 86.6 cm³/mol. The SMILES string of the molecule is C=C1NC(=O)NC(C(=O)NCCCOc2ccccc2Cl)=C1N. The molecule has 0 bridgehead atoms. The van der Waals surface area contributed by atoms with Crippen molar-refractivity contribution in [1.82, 2.24) is 16.0 Å². The van der Waals surface area contributed by atoms with Crippen molar-refractivity contribution in [2.45, 2.75) is 6.42 Å². The Hall–Kier alpha value is -2.67. The first-order valence-corrected chi connectivity index (χ1v) is 7.29. The molecule has 8 heteroatoms. The largest absolute Gasteiger partial charge is 0.492 e. The molecule has 3 amide bonds. The van der Waals surface area contributed by atoms with Gasteiger partial charge in [0.05, 0.1) is 23.0 Å². The quantitative estimate of drug-likeness (QED) is 0.586. The zero-order valence-electron chi connectivity index (χ0n) is 12.3. The van der Waals surface area contributed by atoms with Crippen LogP contribution in [0.25, 0.3) is 0 Å². The molecule has 0 unspecified atom stereocenters. The van der Waals surface area contributed by atoms with Gasteiger partial charge in [-0.05, 0) is 18.6 Å². The van der Waals surface area contributed by atoms with E-state index in [1.807, 2.05) is 12.1 Å². The van der Waals surface area contributed by atoms with Crippen molar-refractivity contribution in [3.05, 3.63) is 53.0 Å². The zero-order chi connectivity index (χ0) is 16.8. The first-order chi connectivity index (χ1) is 11.0. The number of para-hydroxylation sites is 1. The highest BCUT2D eigenvalue weighted by Crippen LogP contribution is 2.22. The third-order valence-corrected chi connectivity index (χ3v) is 3.34. The van der Waals surface area contributed by atoms with Gasteiger partial charge in [-0.3, -0.25) is 4.79 Å². The van der Waals surface area contributed by atoms with E-state index in [0.29, 0.717) is 30.3 Å². The van der Waals surface area contributed by atoms with Crippen LogP contribution in [0.15, 0.2) is 47.9 Å². The third kappa shape index (κ3) is 4.40. The number of rotatable bonds is 6. The second-order valence-corrected chi connectivity index (χ2v) is 5.14. The third-order valence-electron chi connectivity index (χ3n) is 3.03. The second kappa shape index (κ2) is 7.55. The van der Waals surface area contributed by atoms with E-state index < -0.39 is 11.9 Å². The number of hydrogen-bond donors (Lipinski definition) is 4. The molecule has 1 aliphatic heterocycles. The van der Waals surface area contributed by atoms with Crippen molar-refractivity contribution in [1.29, 1.82) is 0 Å². The summed E-state index contributed by atoms with van der Waals surface area (Å²) in [6, 6.07) is 6.60. The highest BCUT2D eigenvalue weighted by Gasteiger charge is 2.23. The number of amides is 3. The fraction of sp³-hybridized carbons (Fsp3) is 0.200. The molecule has 5 N–H and O–H groups in total. The Balaban J connectivity index is 1.77. The molecule has 0 atom stereocenters. The fourth-order valence-corrected chi connectivity index (χ4v) is 2.04. The number of hydrogen-bond acceptors (Lipinski definition) is 4. The first kappa shape index (κ1) is 16.7. The summed E-state index contributed by atoms with van der Waals surface area (Å²) in [4.78, 5) is 23.3. The molecule has 1 aromatic carbocycles. The van der Waals surface area contributed by atoms with Gasteiger partial charge in [-0.2, -0.15) is 0 Å². The molecule has 0 fully saturated rings. The minimum atomic E-state index is -0.545. The number of benzene rings is 1. The van der Waals surface area contributed by atoms with Crippen LogP contribution in [0.5, 0.6) is 5.75 Å².